The lowest BCUT2D eigenvalue weighted by Gasteiger charge is -2.22. The minimum absolute atomic E-state index is 0.0579. The van der Waals surface area contributed by atoms with E-state index in [1.165, 1.54) is 4.68 Å². The van der Waals surface area contributed by atoms with Crippen LogP contribution in [0.25, 0.3) is 28.3 Å². The highest BCUT2D eigenvalue weighted by Gasteiger charge is 2.21. The van der Waals surface area contributed by atoms with Crippen LogP contribution >= 0.6 is 0 Å². The summed E-state index contributed by atoms with van der Waals surface area (Å²) in [5.41, 5.74) is 8.43. The van der Waals surface area contributed by atoms with E-state index in [1.54, 1.807) is 19.4 Å². The largest absolute Gasteiger partial charge is 0.497 e. The number of methoxy groups -OCH3 is 1. The average Bonchev–Trinajstić information content (AvgIpc) is 3.48. The average molecular weight is 434 g/mol. The maximum absolute atomic E-state index is 12.6. The number of furan rings is 1. The van der Waals surface area contributed by atoms with Gasteiger partial charge in [0, 0.05) is 37.1 Å². The molecule has 1 fully saturated rings. The monoisotopic (exact) mass is 434 g/mol. The summed E-state index contributed by atoms with van der Waals surface area (Å²) >= 11 is 0. The van der Waals surface area contributed by atoms with Gasteiger partial charge in [-0.05, 0) is 31.0 Å². The van der Waals surface area contributed by atoms with Gasteiger partial charge in [-0.2, -0.15) is 10.1 Å². The van der Waals surface area contributed by atoms with Crippen LogP contribution in [0.1, 0.15) is 23.4 Å². The highest BCUT2D eigenvalue weighted by atomic mass is 16.5. The highest BCUT2D eigenvalue weighted by molar-refractivity contribution is 5.97. The molecular weight excluding hydrogens is 412 g/mol. The fourth-order valence-corrected chi connectivity index (χ4v) is 3.62. The van der Waals surface area contributed by atoms with Gasteiger partial charge in [0.25, 0.3) is 11.9 Å². The maximum atomic E-state index is 12.6. The molecule has 1 saturated heterocycles. The zero-order valence-corrected chi connectivity index (χ0v) is 17.4. The first-order chi connectivity index (χ1) is 15.6. The first-order valence-electron chi connectivity index (χ1n) is 10.3. The molecule has 0 spiro atoms. The van der Waals surface area contributed by atoms with Crippen LogP contribution in [-0.4, -0.2) is 52.0 Å². The van der Waals surface area contributed by atoms with Crippen LogP contribution in [0.2, 0.25) is 0 Å². The molecule has 3 N–H and O–H groups in total. The van der Waals surface area contributed by atoms with Gasteiger partial charge in [0.1, 0.15) is 11.3 Å². The number of anilines is 1. The molecule has 0 atom stereocenters. The van der Waals surface area contributed by atoms with Crippen molar-refractivity contribution in [2.45, 2.75) is 18.9 Å². The van der Waals surface area contributed by atoms with E-state index in [4.69, 9.17) is 19.6 Å². The summed E-state index contributed by atoms with van der Waals surface area (Å²) in [6.07, 6.45) is 3.29. The van der Waals surface area contributed by atoms with Crippen LogP contribution < -0.4 is 15.8 Å². The molecule has 1 aliphatic rings. The van der Waals surface area contributed by atoms with E-state index in [-0.39, 0.29) is 35.1 Å². The number of benzene rings is 1. The lowest BCUT2D eigenvalue weighted by Crippen LogP contribution is -2.38. The minimum atomic E-state index is -0.310. The number of nitrogens with two attached hydrogens (primary N) is 1. The number of carbonyl (C=O) groups is 1. The Bertz CT molecular complexity index is 1270. The molecule has 0 aliphatic carbocycles. The lowest BCUT2D eigenvalue weighted by molar-refractivity contribution is 0.0684. The van der Waals surface area contributed by atoms with Crippen molar-refractivity contribution in [1.82, 2.24) is 25.1 Å². The Kier molecular flexibility index (Phi) is 5.20. The van der Waals surface area contributed by atoms with Gasteiger partial charge in [0.15, 0.2) is 17.2 Å². The first-order valence-corrected chi connectivity index (χ1v) is 10.3. The van der Waals surface area contributed by atoms with E-state index >= 15 is 0 Å². The standard InChI is InChI=1S/C22H22N6O4/c1-30-15-4-2-3-13(11-15)16-5-8-28(27-16)22-25-17-12-18(32-19(17)20(23)26-22)21(29)24-14-6-9-31-10-7-14/h2-5,8,11-12,14H,6-7,9-10H2,1H3,(H,24,29)(H2,23,25,26). The van der Waals surface area contributed by atoms with E-state index < -0.39 is 0 Å². The van der Waals surface area contributed by atoms with Gasteiger partial charge >= 0.3 is 0 Å². The molecule has 3 aromatic heterocycles. The van der Waals surface area contributed by atoms with Crippen molar-refractivity contribution in [3.05, 3.63) is 48.4 Å². The van der Waals surface area contributed by atoms with Gasteiger partial charge in [-0.3, -0.25) is 4.79 Å². The highest BCUT2D eigenvalue weighted by Crippen LogP contribution is 2.25. The third-order valence-electron chi connectivity index (χ3n) is 5.33. The Hall–Kier alpha value is -3.92. The molecule has 1 aliphatic heterocycles. The third kappa shape index (κ3) is 3.87. The van der Waals surface area contributed by atoms with Crippen LogP contribution in [0, 0.1) is 0 Å². The Labute approximate surface area is 183 Å². The number of hydrogen-bond donors (Lipinski definition) is 2. The van der Waals surface area contributed by atoms with Crippen LogP contribution in [0.5, 0.6) is 5.75 Å². The molecule has 4 aromatic rings. The zero-order valence-electron chi connectivity index (χ0n) is 17.4. The van der Waals surface area contributed by atoms with Crippen LogP contribution in [0.4, 0.5) is 5.82 Å². The number of aromatic nitrogens is 4. The van der Waals surface area contributed by atoms with Crippen molar-refractivity contribution in [3.63, 3.8) is 0 Å². The van der Waals surface area contributed by atoms with Crippen LogP contribution in [-0.2, 0) is 4.74 Å². The van der Waals surface area contributed by atoms with E-state index in [1.807, 2.05) is 30.3 Å². The maximum Gasteiger partial charge on any atom is 0.287 e. The summed E-state index contributed by atoms with van der Waals surface area (Å²) in [6.45, 7) is 1.27. The number of amides is 1. The van der Waals surface area contributed by atoms with Crippen LogP contribution in [0.15, 0.2) is 47.0 Å². The number of carbonyl (C=O) groups excluding carboxylic acids is 1. The van der Waals surface area contributed by atoms with Crippen molar-refractivity contribution < 1.29 is 18.7 Å². The molecule has 4 heterocycles. The summed E-state index contributed by atoms with van der Waals surface area (Å²) < 4.78 is 17.8. The van der Waals surface area contributed by atoms with E-state index in [0.29, 0.717) is 18.7 Å². The molecule has 0 unspecified atom stereocenters. The van der Waals surface area contributed by atoms with Crippen molar-refractivity contribution in [2.24, 2.45) is 0 Å². The number of nitrogens with zero attached hydrogens (tertiary/aromatic N) is 4. The molecule has 0 bridgehead atoms. The normalized spacial score (nSPS) is 14.5. The summed E-state index contributed by atoms with van der Waals surface area (Å²) in [7, 11) is 1.62. The molecule has 164 valence electrons. The number of rotatable bonds is 5. The minimum Gasteiger partial charge on any atom is -0.497 e. The van der Waals surface area contributed by atoms with Crippen molar-refractivity contribution in [3.8, 4) is 23.0 Å². The Morgan fingerprint density at radius 2 is 2.06 bits per heavy atom. The van der Waals surface area contributed by atoms with Gasteiger partial charge < -0.3 is 24.9 Å². The number of nitrogen functional groups attached to an aromatic ring is 1. The van der Waals surface area contributed by atoms with Gasteiger partial charge in [-0.25, -0.2) is 9.67 Å². The molecular formula is C22H22N6O4. The van der Waals surface area contributed by atoms with Gasteiger partial charge in [0.05, 0.1) is 12.8 Å². The first kappa shape index (κ1) is 20.0. The summed E-state index contributed by atoms with van der Waals surface area (Å²) in [5, 5.41) is 7.52. The van der Waals surface area contributed by atoms with Gasteiger partial charge in [-0.1, -0.05) is 12.1 Å². The zero-order chi connectivity index (χ0) is 22.1. The van der Waals surface area contributed by atoms with E-state index in [0.717, 1.165) is 29.8 Å². The Balaban J connectivity index is 1.42. The van der Waals surface area contributed by atoms with E-state index in [2.05, 4.69) is 20.4 Å². The smallest absolute Gasteiger partial charge is 0.287 e. The quantitative estimate of drug-likeness (QED) is 0.490. The molecule has 0 saturated carbocycles. The second-order valence-electron chi connectivity index (χ2n) is 7.47. The molecule has 5 rings (SSSR count). The number of ether oxygens (including phenoxy) is 2. The number of fused-ring (bicyclic) bond motifs is 1. The molecule has 10 nitrogen and oxygen atoms in total. The fourth-order valence-electron chi connectivity index (χ4n) is 3.62. The number of nitrogens with one attached hydrogen (secondary N) is 1. The van der Waals surface area contributed by atoms with E-state index in [9.17, 15) is 4.79 Å². The lowest BCUT2D eigenvalue weighted by atomic mass is 10.1. The summed E-state index contributed by atoms with van der Waals surface area (Å²) in [4.78, 5) is 21.4. The molecule has 1 amide bonds. The predicted octanol–water partition coefficient (Wildman–Crippen LogP) is 2.58. The number of hydrogen-bond acceptors (Lipinski definition) is 8. The third-order valence-corrected chi connectivity index (χ3v) is 5.33. The second kappa shape index (κ2) is 8.31. The van der Waals surface area contributed by atoms with Gasteiger partial charge in [0.2, 0.25) is 0 Å². The van der Waals surface area contributed by atoms with Crippen LogP contribution in [0.3, 0.4) is 0 Å². The van der Waals surface area contributed by atoms with Crippen molar-refractivity contribution in [2.75, 3.05) is 26.1 Å². The summed E-state index contributed by atoms with van der Waals surface area (Å²) in [5.74, 6) is 0.983. The molecule has 10 heteroatoms. The molecule has 1 aromatic carbocycles. The molecule has 0 radical (unpaired) electrons. The summed E-state index contributed by atoms with van der Waals surface area (Å²) in [6, 6.07) is 11.1. The van der Waals surface area contributed by atoms with Crippen molar-refractivity contribution in [1.29, 1.82) is 0 Å². The molecule has 32 heavy (non-hydrogen) atoms. The van der Waals surface area contributed by atoms with Crippen molar-refractivity contribution >= 4 is 22.8 Å². The predicted molar refractivity (Wildman–Crippen MR) is 117 cm³/mol. The van der Waals surface area contributed by atoms with Gasteiger partial charge in [-0.15, -0.1) is 0 Å². The Morgan fingerprint density at radius 3 is 2.88 bits per heavy atom. The fraction of sp³-hybridized carbons (Fsp3) is 0.273. The SMILES string of the molecule is COc1cccc(-c2ccn(-c3nc(N)c4oc(C(=O)NC5CCOCC5)cc4n3)n2)c1. The second-order valence-corrected chi connectivity index (χ2v) is 7.47. The Morgan fingerprint density at radius 1 is 1.22 bits per heavy atom. The topological polar surface area (TPSA) is 130 Å².